The predicted molar refractivity (Wildman–Crippen MR) is 113 cm³/mol. The molecule has 2 aromatic heterocycles. The normalized spacial score (nSPS) is 18.3. The molecular formula is C23H26N4O3. The number of hydrogen-bond donors (Lipinski definition) is 2. The zero-order valence-corrected chi connectivity index (χ0v) is 17.1. The minimum absolute atomic E-state index is 0.139. The van der Waals surface area contributed by atoms with E-state index in [1.807, 2.05) is 36.7 Å². The van der Waals surface area contributed by atoms with Crippen molar-refractivity contribution in [1.82, 2.24) is 20.0 Å². The van der Waals surface area contributed by atoms with Crippen molar-refractivity contribution in [2.75, 3.05) is 26.4 Å². The first kappa shape index (κ1) is 19.1. The fourth-order valence-corrected chi connectivity index (χ4v) is 4.45. The van der Waals surface area contributed by atoms with Crippen molar-refractivity contribution in [2.24, 2.45) is 0 Å². The lowest BCUT2D eigenvalue weighted by molar-refractivity contribution is 0.0311. The number of rotatable bonds is 3. The maximum absolute atomic E-state index is 13.5. The monoisotopic (exact) mass is 406 g/mol. The third-order valence-electron chi connectivity index (χ3n) is 6.09. The van der Waals surface area contributed by atoms with Gasteiger partial charge in [0, 0.05) is 50.9 Å². The van der Waals surface area contributed by atoms with E-state index in [9.17, 15) is 4.79 Å². The van der Waals surface area contributed by atoms with Crippen molar-refractivity contribution >= 4 is 11.4 Å². The quantitative estimate of drug-likeness (QED) is 0.699. The molecule has 1 saturated heterocycles. The number of carbonyl (C=O) groups is 1. The fourth-order valence-electron chi connectivity index (χ4n) is 4.45. The first-order valence-electron chi connectivity index (χ1n) is 10.5. The number of benzene rings is 1. The molecule has 0 radical (unpaired) electrons. The van der Waals surface area contributed by atoms with Gasteiger partial charge in [-0.1, -0.05) is 18.2 Å². The van der Waals surface area contributed by atoms with Crippen molar-refractivity contribution in [2.45, 2.75) is 31.8 Å². The lowest BCUT2D eigenvalue weighted by Gasteiger charge is -2.37. The first-order valence-corrected chi connectivity index (χ1v) is 10.5. The smallest absolute Gasteiger partial charge is 0.255 e. The van der Waals surface area contributed by atoms with Gasteiger partial charge in [0.15, 0.2) is 0 Å². The third kappa shape index (κ3) is 3.24. The second-order valence-corrected chi connectivity index (χ2v) is 8.00. The average Bonchev–Trinajstić information content (AvgIpc) is 3.07. The van der Waals surface area contributed by atoms with Crippen LogP contribution in [0.2, 0.25) is 0 Å². The van der Waals surface area contributed by atoms with Crippen LogP contribution in [0.3, 0.4) is 0 Å². The van der Waals surface area contributed by atoms with E-state index in [0.717, 1.165) is 29.0 Å². The van der Waals surface area contributed by atoms with Gasteiger partial charge in [0.25, 0.3) is 5.91 Å². The summed E-state index contributed by atoms with van der Waals surface area (Å²) in [5, 5.41) is 6.65. The lowest BCUT2D eigenvalue weighted by Crippen LogP contribution is -2.50. The molecule has 0 atom stereocenters. The number of imidazole rings is 1. The molecule has 2 N–H and O–H groups in total. The summed E-state index contributed by atoms with van der Waals surface area (Å²) in [5.74, 6) is 1.38. The molecule has 1 aromatic carbocycles. The predicted octanol–water partition coefficient (Wildman–Crippen LogP) is 2.56. The van der Waals surface area contributed by atoms with Gasteiger partial charge < -0.3 is 24.5 Å². The number of para-hydroxylation sites is 1. The lowest BCUT2D eigenvalue weighted by atomic mass is 9.88. The van der Waals surface area contributed by atoms with E-state index in [2.05, 4.69) is 28.0 Å². The number of hydrogen-bond acceptors (Lipinski definition) is 5. The van der Waals surface area contributed by atoms with Gasteiger partial charge in [-0.3, -0.25) is 4.79 Å². The Morgan fingerprint density at radius 3 is 2.93 bits per heavy atom. The maximum Gasteiger partial charge on any atom is 0.255 e. The third-order valence-corrected chi connectivity index (χ3v) is 6.09. The summed E-state index contributed by atoms with van der Waals surface area (Å²) < 4.78 is 13.7. The van der Waals surface area contributed by atoms with Crippen LogP contribution in [0.5, 0.6) is 5.75 Å². The molecule has 2 aliphatic heterocycles. The highest BCUT2D eigenvalue weighted by Crippen LogP contribution is 2.34. The Bertz CT molecular complexity index is 1090. The van der Waals surface area contributed by atoms with Crippen LogP contribution in [-0.2, 0) is 16.8 Å². The van der Waals surface area contributed by atoms with Gasteiger partial charge in [0.2, 0.25) is 0 Å². The van der Waals surface area contributed by atoms with Crippen LogP contribution in [0, 0.1) is 6.92 Å². The SMILES string of the molecule is Cc1cccn2c(C3(NC(=O)c4cccc5c4OCCNC5)CCOCC3)ncc12. The molecule has 4 heterocycles. The molecule has 5 rings (SSSR count). The van der Waals surface area contributed by atoms with E-state index in [1.165, 1.54) is 0 Å². The Balaban J connectivity index is 1.55. The summed E-state index contributed by atoms with van der Waals surface area (Å²) in [6.07, 6.45) is 5.24. The van der Waals surface area contributed by atoms with Gasteiger partial charge in [-0.25, -0.2) is 4.98 Å². The molecule has 156 valence electrons. The number of pyridine rings is 1. The molecule has 3 aromatic rings. The molecule has 7 nitrogen and oxygen atoms in total. The first-order chi connectivity index (χ1) is 14.7. The highest BCUT2D eigenvalue weighted by atomic mass is 16.5. The van der Waals surface area contributed by atoms with Crippen LogP contribution in [0.15, 0.2) is 42.7 Å². The van der Waals surface area contributed by atoms with Crippen molar-refractivity contribution in [3.8, 4) is 5.75 Å². The van der Waals surface area contributed by atoms with Crippen LogP contribution < -0.4 is 15.4 Å². The standard InChI is InChI=1S/C23H26N4O3/c1-16-4-3-10-27-19(16)15-25-22(27)23(7-11-29-12-8-23)26-21(28)18-6-2-5-17-14-24-9-13-30-20(17)18/h2-6,10,15,24H,7-9,11-14H2,1H3,(H,26,28). The molecule has 0 saturated carbocycles. The van der Waals surface area contributed by atoms with Crippen LogP contribution in [0.1, 0.15) is 40.2 Å². The zero-order valence-electron chi connectivity index (χ0n) is 17.1. The Kier molecular flexibility index (Phi) is 4.92. The van der Waals surface area contributed by atoms with Crippen molar-refractivity contribution in [3.05, 3.63) is 65.2 Å². The topological polar surface area (TPSA) is 76.9 Å². The van der Waals surface area contributed by atoms with Gasteiger partial charge >= 0.3 is 0 Å². The maximum atomic E-state index is 13.5. The minimum atomic E-state index is -0.596. The van der Waals surface area contributed by atoms with E-state index < -0.39 is 5.54 Å². The number of fused-ring (bicyclic) bond motifs is 2. The van der Waals surface area contributed by atoms with Gasteiger partial charge in [-0.2, -0.15) is 0 Å². The second kappa shape index (κ2) is 7.74. The van der Waals surface area contributed by atoms with Gasteiger partial charge in [0.1, 0.15) is 23.7 Å². The van der Waals surface area contributed by atoms with E-state index in [4.69, 9.17) is 14.5 Å². The number of amides is 1. The summed E-state index contributed by atoms with van der Waals surface area (Å²) in [4.78, 5) is 18.3. The number of nitrogens with zero attached hydrogens (tertiary/aromatic N) is 2. The van der Waals surface area contributed by atoms with Crippen LogP contribution in [-0.4, -0.2) is 41.7 Å². The van der Waals surface area contributed by atoms with Crippen LogP contribution in [0.4, 0.5) is 0 Å². The van der Waals surface area contributed by atoms with Crippen molar-refractivity contribution < 1.29 is 14.3 Å². The summed E-state index contributed by atoms with van der Waals surface area (Å²) in [7, 11) is 0. The fraction of sp³-hybridized carbons (Fsp3) is 0.391. The molecule has 0 unspecified atom stereocenters. The summed E-state index contributed by atoms with van der Waals surface area (Å²) in [5.41, 5.74) is 3.18. The van der Waals surface area contributed by atoms with E-state index in [0.29, 0.717) is 50.5 Å². The molecule has 1 fully saturated rings. The van der Waals surface area contributed by atoms with E-state index in [-0.39, 0.29) is 5.91 Å². The van der Waals surface area contributed by atoms with E-state index in [1.54, 1.807) is 0 Å². The Labute approximate surface area is 175 Å². The van der Waals surface area contributed by atoms with Crippen LogP contribution >= 0.6 is 0 Å². The number of nitrogens with one attached hydrogen (secondary N) is 2. The molecule has 7 heteroatoms. The molecule has 0 spiro atoms. The largest absolute Gasteiger partial charge is 0.491 e. The molecule has 0 bridgehead atoms. The number of aromatic nitrogens is 2. The molecule has 1 amide bonds. The van der Waals surface area contributed by atoms with Gasteiger partial charge in [0.05, 0.1) is 17.3 Å². The van der Waals surface area contributed by atoms with Crippen molar-refractivity contribution in [3.63, 3.8) is 0 Å². The number of aryl methyl sites for hydroxylation is 1. The highest BCUT2D eigenvalue weighted by molar-refractivity contribution is 5.98. The zero-order chi connectivity index (χ0) is 20.6. The molecular weight excluding hydrogens is 380 g/mol. The Morgan fingerprint density at radius 2 is 2.07 bits per heavy atom. The average molecular weight is 406 g/mol. The molecule has 0 aliphatic carbocycles. The minimum Gasteiger partial charge on any atom is -0.491 e. The molecule has 30 heavy (non-hydrogen) atoms. The summed E-state index contributed by atoms with van der Waals surface area (Å²) in [6, 6.07) is 9.83. The number of ether oxygens (including phenoxy) is 2. The summed E-state index contributed by atoms with van der Waals surface area (Å²) >= 11 is 0. The summed E-state index contributed by atoms with van der Waals surface area (Å²) in [6.45, 7) is 5.22. The Hall–Kier alpha value is -2.90. The highest BCUT2D eigenvalue weighted by Gasteiger charge is 2.40. The van der Waals surface area contributed by atoms with Crippen molar-refractivity contribution in [1.29, 1.82) is 0 Å². The van der Waals surface area contributed by atoms with Gasteiger partial charge in [-0.15, -0.1) is 0 Å². The Morgan fingerprint density at radius 1 is 1.20 bits per heavy atom. The van der Waals surface area contributed by atoms with E-state index >= 15 is 0 Å². The second-order valence-electron chi connectivity index (χ2n) is 8.00. The number of carbonyl (C=O) groups excluding carboxylic acids is 1. The molecule has 2 aliphatic rings. The van der Waals surface area contributed by atoms with Crippen LogP contribution in [0.25, 0.3) is 5.52 Å². The van der Waals surface area contributed by atoms with Gasteiger partial charge in [-0.05, 0) is 24.6 Å².